The lowest BCUT2D eigenvalue weighted by atomic mass is 9.91. The highest BCUT2D eigenvalue weighted by Crippen LogP contribution is 2.25. The van der Waals surface area contributed by atoms with Crippen LogP contribution in [0.15, 0.2) is 36.4 Å². The van der Waals surface area contributed by atoms with Crippen LogP contribution in [0.2, 0.25) is 0 Å². The van der Waals surface area contributed by atoms with Crippen LogP contribution in [0.5, 0.6) is 0 Å². The molecule has 21 heavy (non-hydrogen) atoms. The van der Waals surface area contributed by atoms with Crippen molar-refractivity contribution in [2.75, 3.05) is 24.5 Å². The first-order valence-corrected chi connectivity index (χ1v) is 8.12. The van der Waals surface area contributed by atoms with Crippen LogP contribution in [0.3, 0.4) is 0 Å². The van der Waals surface area contributed by atoms with Gasteiger partial charge < -0.3 is 10.2 Å². The van der Waals surface area contributed by atoms with Gasteiger partial charge in [0.2, 0.25) is 0 Å². The van der Waals surface area contributed by atoms with Crippen molar-refractivity contribution >= 4 is 16.7 Å². The van der Waals surface area contributed by atoms with E-state index in [1.807, 2.05) is 0 Å². The summed E-state index contributed by atoms with van der Waals surface area (Å²) in [6, 6.07) is 13.3. The average molecular weight is 283 g/mol. The molecule has 1 saturated heterocycles. The van der Waals surface area contributed by atoms with E-state index in [1.54, 1.807) is 0 Å². The summed E-state index contributed by atoms with van der Waals surface area (Å²) in [6.45, 7) is 7.78. The lowest BCUT2D eigenvalue weighted by Gasteiger charge is -2.36. The summed E-state index contributed by atoms with van der Waals surface area (Å²) in [5.41, 5.74) is 1.09. The summed E-state index contributed by atoms with van der Waals surface area (Å²) < 4.78 is 0. The number of pyridine rings is 1. The fourth-order valence-electron chi connectivity index (χ4n) is 3.35. The Kier molecular flexibility index (Phi) is 4.39. The largest absolute Gasteiger partial charge is 0.356 e. The SMILES string of the molecule is CCNC(C)C1CCCN(c2ccc3ccccc3n2)C1. The minimum absolute atomic E-state index is 0.582. The van der Waals surface area contributed by atoms with Gasteiger partial charge in [-0.1, -0.05) is 25.1 Å². The number of hydrogen-bond donors (Lipinski definition) is 1. The van der Waals surface area contributed by atoms with Crippen molar-refractivity contribution < 1.29 is 0 Å². The molecule has 0 spiro atoms. The zero-order chi connectivity index (χ0) is 14.7. The second-order valence-electron chi connectivity index (χ2n) is 6.06. The first-order valence-electron chi connectivity index (χ1n) is 8.12. The molecule has 3 rings (SSSR count). The summed E-state index contributed by atoms with van der Waals surface area (Å²) in [7, 11) is 0. The molecule has 0 aliphatic carbocycles. The maximum absolute atomic E-state index is 4.84. The zero-order valence-corrected chi connectivity index (χ0v) is 13.0. The Morgan fingerprint density at radius 2 is 2.14 bits per heavy atom. The van der Waals surface area contributed by atoms with E-state index >= 15 is 0 Å². The van der Waals surface area contributed by atoms with Gasteiger partial charge >= 0.3 is 0 Å². The Bertz CT molecular complexity index is 596. The standard InChI is InChI=1S/C18H25N3/c1-3-19-14(2)16-8-6-12-21(13-16)18-11-10-15-7-4-5-9-17(15)20-18/h4-5,7,9-11,14,16,19H,3,6,8,12-13H2,1-2H3. The van der Waals surface area contributed by atoms with E-state index in [2.05, 4.69) is 60.5 Å². The number of hydrogen-bond acceptors (Lipinski definition) is 3. The molecule has 0 radical (unpaired) electrons. The lowest BCUT2D eigenvalue weighted by Crippen LogP contribution is -2.44. The first kappa shape index (κ1) is 14.3. The highest BCUT2D eigenvalue weighted by Gasteiger charge is 2.24. The van der Waals surface area contributed by atoms with Crippen molar-refractivity contribution in [3.63, 3.8) is 0 Å². The van der Waals surface area contributed by atoms with Gasteiger partial charge in [-0.2, -0.15) is 0 Å². The van der Waals surface area contributed by atoms with Crippen molar-refractivity contribution in [2.45, 2.75) is 32.7 Å². The van der Waals surface area contributed by atoms with E-state index in [9.17, 15) is 0 Å². The number of rotatable bonds is 4. The Morgan fingerprint density at radius 3 is 3.00 bits per heavy atom. The number of nitrogens with zero attached hydrogens (tertiary/aromatic N) is 2. The Labute approximate surface area is 127 Å². The van der Waals surface area contributed by atoms with Crippen LogP contribution in [0.25, 0.3) is 10.9 Å². The maximum atomic E-state index is 4.84. The average Bonchev–Trinajstić information content (AvgIpc) is 2.55. The molecular formula is C18H25N3. The summed E-state index contributed by atoms with van der Waals surface area (Å²) in [5.74, 6) is 1.84. The van der Waals surface area contributed by atoms with Gasteiger partial charge in [0.25, 0.3) is 0 Å². The Hall–Kier alpha value is -1.61. The Morgan fingerprint density at radius 1 is 1.29 bits per heavy atom. The maximum Gasteiger partial charge on any atom is 0.129 e. The van der Waals surface area contributed by atoms with Crippen LogP contribution in [-0.2, 0) is 0 Å². The molecule has 2 atom stereocenters. The van der Waals surface area contributed by atoms with Gasteiger partial charge in [0.15, 0.2) is 0 Å². The molecule has 1 aliphatic heterocycles. The summed E-state index contributed by atoms with van der Waals surface area (Å²) in [5, 5.41) is 4.79. The third kappa shape index (κ3) is 3.18. The molecule has 1 aromatic heterocycles. The van der Waals surface area contributed by atoms with Gasteiger partial charge in [0.05, 0.1) is 5.52 Å². The van der Waals surface area contributed by atoms with Crippen LogP contribution < -0.4 is 10.2 Å². The molecule has 2 heterocycles. The second kappa shape index (κ2) is 6.44. The van der Waals surface area contributed by atoms with Crippen molar-refractivity contribution in [1.82, 2.24) is 10.3 Å². The molecule has 2 aromatic rings. The highest BCUT2D eigenvalue weighted by atomic mass is 15.2. The van der Waals surface area contributed by atoms with Crippen molar-refractivity contribution in [1.29, 1.82) is 0 Å². The van der Waals surface area contributed by atoms with E-state index in [4.69, 9.17) is 4.98 Å². The molecule has 112 valence electrons. The fraction of sp³-hybridized carbons (Fsp3) is 0.500. The van der Waals surface area contributed by atoms with Gasteiger partial charge in [-0.25, -0.2) is 4.98 Å². The molecule has 0 bridgehead atoms. The number of benzene rings is 1. The molecule has 1 N–H and O–H groups in total. The first-order chi connectivity index (χ1) is 10.3. The lowest BCUT2D eigenvalue weighted by molar-refractivity contribution is 0.323. The third-order valence-electron chi connectivity index (χ3n) is 4.60. The predicted octanol–water partition coefficient (Wildman–Crippen LogP) is 3.45. The predicted molar refractivity (Wildman–Crippen MR) is 89.8 cm³/mol. The molecular weight excluding hydrogens is 258 g/mol. The fourth-order valence-corrected chi connectivity index (χ4v) is 3.35. The monoisotopic (exact) mass is 283 g/mol. The zero-order valence-electron chi connectivity index (χ0n) is 13.0. The van der Waals surface area contributed by atoms with Crippen molar-refractivity contribution in [2.24, 2.45) is 5.92 Å². The highest BCUT2D eigenvalue weighted by molar-refractivity contribution is 5.80. The van der Waals surface area contributed by atoms with E-state index in [1.165, 1.54) is 18.2 Å². The molecule has 1 fully saturated rings. The second-order valence-corrected chi connectivity index (χ2v) is 6.06. The number of para-hydroxylation sites is 1. The molecule has 3 heteroatoms. The Balaban J connectivity index is 1.78. The number of piperidine rings is 1. The molecule has 3 nitrogen and oxygen atoms in total. The van der Waals surface area contributed by atoms with E-state index in [-0.39, 0.29) is 0 Å². The third-order valence-corrected chi connectivity index (χ3v) is 4.60. The summed E-state index contributed by atoms with van der Waals surface area (Å²) >= 11 is 0. The van der Waals surface area contributed by atoms with Crippen LogP contribution in [0.4, 0.5) is 5.82 Å². The molecule has 1 aromatic carbocycles. The van der Waals surface area contributed by atoms with E-state index in [0.717, 1.165) is 31.0 Å². The van der Waals surface area contributed by atoms with Gasteiger partial charge in [-0.15, -0.1) is 0 Å². The smallest absolute Gasteiger partial charge is 0.129 e. The quantitative estimate of drug-likeness (QED) is 0.931. The topological polar surface area (TPSA) is 28.2 Å². The molecule has 1 aliphatic rings. The minimum Gasteiger partial charge on any atom is -0.356 e. The van der Waals surface area contributed by atoms with E-state index in [0.29, 0.717) is 12.0 Å². The number of nitrogens with one attached hydrogen (secondary N) is 1. The normalized spacial score (nSPS) is 20.7. The van der Waals surface area contributed by atoms with Crippen molar-refractivity contribution in [3.05, 3.63) is 36.4 Å². The summed E-state index contributed by atoms with van der Waals surface area (Å²) in [6.07, 6.45) is 2.58. The van der Waals surface area contributed by atoms with Crippen LogP contribution in [0, 0.1) is 5.92 Å². The molecule has 0 saturated carbocycles. The van der Waals surface area contributed by atoms with Gasteiger partial charge in [-0.3, -0.25) is 0 Å². The molecule has 2 unspecified atom stereocenters. The number of aromatic nitrogens is 1. The van der Waals surface area contributed by atoms with Crippen LogP contribution >= 0.6 is 0 Å². The van der Waals surface area contributed by atoms with Crippen LogP contribution in [-0.4, -0.2) is 30.7 Å². The minimum atomic E-state index is 0.582. The van der Waals surface area contributed by atoms with Gasteiger partial charge in [0.1, 0.15) is 5.82 Å². The number of anilines is 1. The summed E-state index contributed by atoms with van der Waals surface area (Å²) in [4.78, 5) is 7.30. The van der Waals surface area contributed by atoms with Crippen molar-refractivity contribution in [3.8, 4) is 0 Å². The van der Waals surface area contributed by atoms with E-state index < -0.39 is 0 Å². The van der Waals surface area contributed by atoms with Gasteiger partial charge in [-0.05, 0) is 50.4 Å². The molecule has 0 amide bonds. The van der Waals surface area contributed by atoms with Gasteiger partial charge in [0, 0.05) is 24.5 Å². The van der Waals surface area contributed by atoms with Crippen LogP contribution in [0.1, 0.15) is 26.7 Å². The number of fused-ring (bicyclic) bond motifs is 1.